The number of rotatable bonds is 5. The molecule has 162 valence electrons. The smallest absolute Gasteiger partial charge is 0.253 e. The van der Waals surface area contributed by atoms with Crippen molar-refractivity contribution in [1.82, 2.24) is 19.6 Å². The summed E-state index contributed by atoms with van der Waals surface area (Å²) in [7, 11) is 0. The molecular formula is C26H26N4OS. The minimum absolute atomic E-state index is 0.128. The topological polar surface area (TPSA) is 60.1 Å². The van der Waals surface area contributed by atoms with E-state index in [2.05, 4.69) is 73.2 Å². The quantitative estimate of drug-likeness (QED) is 0.368. The van der Waals surface area contributed by atoms with E-state index < -0.39 is 0 Å². The molecule has 0 amide bonds. The number of hydrogen-bond donors (Lipinski definition) is 0. The summed E-state index contributed by atoms with van der Waals surface area (Å²) in [5, 5.41) is 5.41. The molecule has 5 rings (SSSR count). The fourth-order valence-electron chi connectivity index (χ4n) is 4.29. The summed E-state index contributed by atoms with van der Waals surface area (Å²) in [5.74, 6) is 2.13. The van der Waals surface area contributed by atoms with Crippen molar-refractivity contribution in [2.75, 3.05) is 0 Å². The van der Waals surface area contributed by atoms with Crippen LogP contribution in [0.15, 0.2) is 59.9 Å². The predicted molar refractivity (Wildman–Crippen MR) is 127 cm³/mol. The second-order valence-electron chi connectivity index (χ2n) is 8.79. The van der Waals surface area contributed by atoms with Gasteiger partial charge in [-0.25, -0.2) is 4.98 Å². The Balaban J connectivity index is 1.43. The predicted octanol–water partition coefficient (Wildman–Crippen LogP) is 5.76. The summed E-state index contributed by atoms with van der Waals surface area (Å²) < 4.78 is 1.78. The van der Waals surface area contributed by atoms with Gasteiger partial charge < -0.3 is 0 Å². The largest absolute Gasteiger partial charge is 0.294 e. The molecular weight excluding hydrogens is 416 g/mol. The Morgan fingerprint density at radius 2 is 1.88 bits per heavy atom. The normalized spacial score (nSPS) is 16.0. The Morgan fingerprint density at radius 1 is 1.09 bits per heavy atom. The van der Waals surface area contributed by atoms with Crippen LogP contribution in [0.1, 0.15) is 70.4 Å². The van der Waals surface area contributed by atoms with E-state index in [4.69, 9.17) is 5.10 Å². The number of nitrogens with zero attached hydrogens (tertiary/aromatic N) is 4. The molecule has 0 fully saturated rings. The standard InChI is InChI=1S/C26H26N4OS/c1-16(2)18-8-10-19(11-9-18)21-12-23-22(24(31)13-21)14-27-25-28-26(29-30(23)25)32-15-20-7-5-4-6-17(20)3/h4-11,14,16,21H,12-13,15H2,1-3H3. The third-order valence-electron chi connectivity index (χ3n) is 6.31. The van der Waals surface area contributed by atoms with Gasteiger partial charge in [-0.15, -0.1) is 5.10 Å². The zero-order valence-electron chi connectivity index (χ0n) is 18.6. The molecule has 1 unspecified atom stereocenters. The molecule has 6 heteroatoms. The van der Waals surface area contributed by atoms with E-state index in [1.54, 1.807) is 22.5 Å². The van der Waals surface area contributed by atoms with Crippen LogP contribution in [0, 0.1) is 6.92 Å². The van der Waals surface area contributed by atoms with Gasteiger partial charge in [-0.05, 0) is 47.4 Å². The number of aromatic nitrogens is 4. The number of carbonyl (C=O) groups excluding carboxylic acids is 1. The van der Waals surface area contributed by atoms with Gasteiger partial charge in [-0.3, -0.25) is 4.79 Å². The second kappa shape index (κ2) is 8.51. The fourth-order valence-corrected chi connectivity index (χ4v) is 5.19. The summed E-state index contributed by atoms with van der Waals surface area (Å²) in [5.41, 5.74) is 6.64. The van der Waals surface area contributed by atoms with Crippen LogP contribution in [0.4, 0.5) is 0 Å². The summed E-state index contributed by atoms with van der Waals surface area (Å²) in [6, 6.07) is 17.0. The van der Waals surface area contributed by atoms with Crippen molar-refractivity contribution >= 4 is 23.3 Å². The average molecular weight is 443 g/mol. The molecule has 0 spiro atoms. The molecule has 0 N–H and O–H groups in total. The van der Waals surface area contributed by atoms with Gasteiger partial charge in [0, 0.05) is 18.4 Å². The van der Waals surface area contributed by atoms with E-state index in [9.17, 15) is 4.79 Å². The van der Waals surface area contributed by atoms with Crippen molar-refractivity contribution in [3.05, 3.63) is 88.2 Å². The Kier molecular flexibility index (Phi) is 5.55. The highest BCUT2D eigenvalue weighted by Gasteiger charge is 2.29. The van der Waals surface area contributed by atoms with Crippen LogP contribution in [0.25, 0.3) is 5.78 Å². The average Bonchev–Trinajstić information content (AvgIpc) is 3.22. The van der Waals surface area contributed by atoms with Crippen molar-refractivity contribution in [3.8, 4) is 0 Å². The first-order chi connectivity index (χ1) is 15.5. The highest BCUT2D eigenvalue weighted by molar-refractivity contribution is 7.98. The van der Waals surface area contributed by atoms with Crippen molar-refractivity contribution in [2.24, 2.45) is 0 Å². The van der Waals surface area contributed by atoms with E-state index >= 15 is 0 Å². The number of aryl methyl sites for hydroxylation is 1. The van der Waals surface area contributed by atoms with E-state index in [0.29, 0.717) is 28.8 Å². The Labute approximate surface area is 192 Å². The molecule has 0 radical (unpaired) electrons. The minimum Gasteiger partial charge on any atom is -0.294 e. The summed E-state index contributed by atoms with van der Waals surface area (Å²) in [6.45, 7) is 6.50. The fraction of sp³-hybridized carbons (Fsp3) is 0.308. The molecule has 0 aliphatic heterocycles. The molecule has 1 atom stereocenters. The van der Waals surface area contributed by atoms with Crippen molar-refractivity contribution in [1.29, 1.82) is 0 Å². The molecule has 0 saturated carbocycles. The zero-order valence-corrected chi connectivity index (χ0v) is 19.4. The molecule has 32 heavy (non-hydrogen) atoms. The van der Waals surface area contributed by atoms with Crippen molar-refractivity contribution in [2.45, 2.75) is 56.4 Å². The number of carbonyl (C=O) groups is 1. The van der Waals surface area contributed by atoms with Crippen molar-refractivity contribution < 1.29 is 4.79 Å². The van der Waals surface area contributed by atoms with Crippen LogP contribution in [0.2, 0.25) is 0 Å². The van der Waals surface area contributed by atoms with Gasteiger partial charge in [0.15, 0.2) is 5.78 Å². The number of thioether (sulfide) groups is 1. The van der Waals surface area contributed by atoms with E-state index in [1.165, 1.54) is 22.3 Å². The first kappa shape index (κ1) is 20.9. The summed E-state index contributed by atoms with van der Waals surface area (Å²) >= 11 is 1.60. The number of benzene rings is 2. The lowest BCUT2D eigenvalue weighted by Gasteiger charge is -2.24. The Hall–Kier alpha value is -2.99. The molecule has 0 saturated heterocycles. The zero-order chi connectivity index (χ0) is 22.2. The second-order valence-corrected chi connectivity index (χ2v) is 9.73. The van der Waals surface area contributed by atoms with E-state index in [0.717, 1.165) is 17.9 Å². The molecule has 0 bridgehead atoms. The number of ketones is 1. The Bertz CT molecular complexity index is 1290. The van der Waals surface area contributed by atoms with Crippen LogP contribution in [-0.2, 0) is 12.2 Å². The lowest BCUT2D eigenvalue weighted by atomic mass is 9.81. The van der Waals surface area contributed by atoms with Crippen molar-refractivity contribution in [3.63, 3.8) is 0 Å². The third kappa shape index (κ3) is 3.95. The number of Topliss-reactive ketones (excluding diaryl/α,β-unsaturated/α-hetero) is 1. The van der Waals surface area contributed by atoms with Gasteiger partial charge in [0.1, 0.15) is 0 Å². The van der Waals surface area contributed by atoms with Crippen LogP contribution in [0.3, 0.4) is 0 Å². The number of hydrogen-bond acceptors (Lipinski definition) is 5. The number of fused-ring (bicyclic) bond motifs is 3. The molecule has 4 aromatic rings. The molecule has 2 heterocycles. The summed E-state index contributed by atoms with van der Waals surface area (Å²) in [6.07, 6.45) is 2.94. The van der Waals surface area contributed by atoms with E-state index in [-0.39, 0.29) is 11.7 Å². The highest BCUT2D eigenvalue weighted by Crippen LogP contribution is 2.33. The van der Waals surface area contributed by atoms with Gasteiger partial charge >= 0.3 is 0 Å². The lowest BCUT2D eigenvalue weighted by molar-refractivity contribution is 0.0962. The first-order valence-corrected chi connectivity index (χ1v) is 12.0. The van der Waals surface area contributed by atoms with Gasteiger partial charge in [0.2, 0.25) is 5.16 Å². The van der Waals surface area contributed by atoms with Crippen LogP contribution >= 0.6 is 11.8 Å². The SMILES string of the molecule is Cc1ccccc1CSc1nc2ncc3c(n2n1)CC(c1ccc(C(C)C)cc1)CC3=O. The maximum atomic E-state index is 12.9. The summed E-state index contributed by atoms with van der Waals surface area (Å²) in [4.78, 5) is 22.0. The molecule has 1 aliphatic carbocycles. The maximum Gasteiger partial charge on any atom is 0.253 e. The van der Waals surface area contributed by atoms with Gasteiger partial charge in [0.25, 0.3) is 5.78 Å². The van der Waals surface area contributed by atoms with Crippen LogP contribution in [-0.4, -0.2) is 25.4 Å². The van der Waals surface area contributed by atoms with Gasteiger partial charge in [-0.1, -0.05) is 74.1 Å². The highest BCUT2D eigenvalue weighted by atomic mass is 32.2. The van der Waals surface area contributed by atoms with Crippen LogP contribution in [0.5, 0.6) is 0 Å². The first-order valence-electron chi connectivity index (χ1n) is 11.0. The van der Waals surface area contributed by atoms with Crippen LogP contribution < -0.4 is 0 Å². The van der Waals surface area contributed by atoms with Gasteiger partial charge in [0.05, 0.1) is 11.3 Å². The molecule has 5 nitrogen and oxygen atoms in total. The minimum atomic E-state index is 0.128. The molecule has 2 aromatic heterocycles. The Morgan fingerprint density at radius 3 is 2.62 bits per heavy atom. The molecule has 1 aliphatic rings. The lowest BCUT2D eigenvalue weighted by Crippen LogP contribution is -2.22. The third-order valence-corrected chi connectivity index (χ3v) is 7.20. The molecule has 2 aromatic carbocycles. The maximum absolute atomic E-state index is 12.9. The van der Waals surface area contributed by atoms with Gasteiger partial charge in [-0.2, -0.15) is 9.50 Å². The monoisotopic (exact) mass is 442 g/mol. The van der Waals surface area contributed by atoms with E-state index in [1.807, 2.05) is 6.07 Å².